The molecule has 37 heavy (non-hydrogen) atoms. The number of rotatable bonds is 7. The Morgan fingerprint density at radius 3 is 2.51 bits per heavy atom. The fourth-order valence-corrected chi connectivity index (χ4v) is 4.62. The van der Waals surface area contributed by atoms with Crippen LogP contribution in [0.2, 0.25) is 0 Å². The largest absolute Gasteiger partial charge is 0.466 e. The van der Waals surface area contributed by atoms with E-state index in [0.717, 1.165) is 54.4 Å². The van der Waals surface area contributed by atoms with Gasteiger partial charge >= 0.3 is 5.95 Å². The maximum absolute atomic E-state index is 12.0. The molecule has 1 aliphatic rings. The number of H-pyrrole nitrogens is 1. The second kappa shape index (κ2) is 11.0. The van der Waals surface area contributed by atoms with Crippen LogP contribution < -0.4 is 20.5 Å². The molecule has 0 aliphatic carbocycles. The van der Waals surface area contributed by atoms with Crippen molar-refractivity contribution in [1.29, 1.82) is 5.26 Å². The molecular weight excluding hydrogens is 464 g/mol. The van der Waals surface area contributed by atoms with Crippen molar-refractivity contribution in [3.63, 3.8) is 0 Å². The zero-order valence-electron chi connectivity index (χ0n) is 20.7. The van der Waals surface area contributed by atoms with Gasteiger partial charge in [0, 0.05) is 41.9 Å². The van der Waals surface area contributed by atoms with Gasteiger partial charge in [0.1, 0.15) is 18.1 Å². The summed E-state index contributed by atoms with van der Waals surface area (Å²) < 4.78 is 5.84. The molecule has 4 aromatic rings. The Labute approximate surface area is 216 Å². The number of anilines is 3. The monoisotopic (exact) mass is 493 g/mol. The number of aromatic amines is 1. The van der Waals surface area contributed by atoms with Crippen molar-refractivity contribution in [2.75, 3.05) is 29.9 Å². The number of piperidine rings is 1. The summed E-state index contributed by atoms with van der Waals surface area (Å²) in [5, 5.41) is 14.5. The topological polar surface area (TPSA) is 108 Å². The normalized spacial score (nSPS) is 13.7. The Balaban J connectivity index is 1.19. The number of hydrogen-bond donors (Lipinski definition) is 2. The van der Waals surface area contributed by atoms with Gasteiger partial charge in [-0.25, -0.2) is 10.3 Å². The number of nitrogens with one attached hydrogen (secondary N) is 3. The summed E-state index contributed by atoms with van der Waals surface area (Å²) in [5.41, 5.74) is 4.31. The summed E-state index contributed by atoms with van der Waals surface area (Å²) in [6.07, 6.45) is 4.01. The lowest BCUT2D eigenvalue weighted by Crippen LogP contribution is -2.32. The molecule has 186 valence electrons. The molecule has 1 amide bonds. The molecule has 0 radical (unpaired) electrons. The molecule has 3 N–H and O–H groups in total. The molecule has 1 saturated heterocycles. The summed E-state index contributed by atoms with van der Waals surface area (Å²) in [4.78, 5) is 22.3. The van der Waals surface area contributed by atoms with Gasteiger partial charge in [-0.3, -0.25) is 4.79 Å². The van der Waals surface area contributed by atoms with E-state index in [0.29, 0.717) is 17.4 Å². The predicted molar refractivity (Wildman–Crippen MR) is 142 cm³/mol. The molecule has 1 aliphatic heterocycles. The van der Waals surface area contributed by atoms with Gasteiger partial charge in [-0.2, -0.15) is 5.26 Å². The van der Waals surface area contributed by atoms with Crippen LogP contribution >= 0.6 is 0 Å². The Morgan fingerprint density at radius 2 is 1.84 bits per heavy atom. The van der Waals surface area contributed by atoms with E-state index in [2.05, 4.69) is 55.8 Å². The van der Waals surface area contributed by atoms with Crippen molar-refractivity contribution in [3.05, 3.63) is 90.0 Å². The van der Waals surface area contributed by atoms with E-state index in [1.807, 2.05) is 43.5 Å². The van der Waals surface area contributed by atoms with Gasteiger partial charge in [0.05, 0.1) is 18.0 Å². The first-order valence-electron chi connectivity index (χ1n) is 12.4. The summed E-state index contributed by atoms with van der Waals surface area (Å²) in [6.45, 7) is 3.99. The van der Waals surface area contributed by atoms with Crippen LogP contribution in [-0.4, -0.2) is 30.5 Å². The van der Waals surface area contributed by atoms with Crippen LogP contribution in [0.3, 0.4) is 0 Å². The number of hydrogen-bond acceptors (Lipinski definition) is 6. The summed E-state index contributed by atoms with van der Waals surface area (Å²) in [7, 11) is 0. The predicted octanol–water partition coefficient (Wildman–Crippen LogP) is 4.85. The Morgan fingerprint density at radius 1 is 1.08 bits per heavy atom. The molecule has 2 aromatic carbocycles. The molecule has 5 rings (SSSR count). The SMILES string of the molecule is Cc1ccc(C2CCN(c3ccc(Nc4nc(-c5ccc(C(=O)NCC#N)cc5)cc[nH+]4)cc3)CC2)o1. The van der Waals surface area contributed by atoms with Crippen molar-refractivity contribution >= 4 is 23.2 Å². The van der Waals surface area contributed by atoms with E-state index in [1.165, 1.54) is 5.69 Å². The van der Waals surface area contributed by atoms with Gasteiger partial charge in [0.25, 0.3) is 5.91 Å². The van der Waals surface area contributed by atoms with Gasteiger partial charge in [0.15, 0.2) is 5.69 Å². The standard InChI is InChI=1S/C29H28N6O2/c1-20-2-11-27(37-20)22-13-18-35(19-14-22)25-9-7-24(8-10-25)33-29-32-16-12-26(34-29)21-3-5-23(6-4-21)28(36)31-17-15-30/h2-12,16,22H,13-14,17-19H2,1H3,(H,31,36)(H,32,33,34)/p+1. The number of aromatic nitrogens is 2. The average Bonchev–Trinajstić information content (AvgIpc) is 3.39. The van der Waals surface area contributed by atoms with Crippen LogP contribution in [-0.2, 0) is 0 Å². The third-order valence-corrected chi connectivity index (χ3v) is 6.62. The number of aryl methyl sites for hydroxylation is 1. The number of amides is 1. The van der Waals surface area contributed by atoms with E-state index >= 15 is 0 Å². The van der Waals surface area contributed by atoms with Crippen LogP contribution in [0.25, 0.3) is 11.3 Å². The average molecular weight is 494 g/mol. The molecule has 0 unspecified atom stereocenters. The first kappa shape index (κ1) is 24.1. The Kier molecular flexibility index (Phi) is 7.13. The van der Waals surface area contributed by atoms with Crippen LogP contribution in [0.5, 0.6) is 0 Å². The molecule has 8 nitrogen and oxygen atoms in total. The minimum Gasteiger partial charge on any atom is -0.466 e. The molecule has 1 fully saturated rings. The van der Waals surface area contributed by atoms with Gasteiger partial charge in [0.2, 0.25) is 0 Å². The highest BCUT2D eigenvalue weighted by molar-refractivity contribution is 5.94. The molecule has 8 heteroatoms. The number of carbonyl (C=O) groups is 1. The van der Waals surface area contributed by atoms with Gasteiger partial charge < -0.3 is 14.6 Å². The van der Waals surface area contributed by atoms with Crippen LogP contribution in [0.4, 0.5) is 17.3 Å². The Bertz CT molecular complexity index is 1400. The first-order valence-corrected chi connectivity index (χ1v) is 12.4. The van der Waals surface area contributed by atoms with Crippen LogP contribution in [0, 0.1) is 18.3 Å². The summed E-state index contributed by atoms with van der Waals surface area (Å²) >= 11 is 0. The lowest BCUT2D eigenvalue weighted by atomic mass is 9.94. The molecule has 3 heterocycles. The third-order valence-electron chi connectivity index (χ3n) is 6.62. The van der Waals surface area contributed by atoms with E-state index in [-0.39, 0.29) is 12.5 Å². The maximum atomic E-state index is 12.0. The van der Waals surface area contributed by atoms with Crippen molar-refractivity contribution in [1.82, 2.24) is 10.3 Å². The van der Waals surface area contributed by atoms with Crippen molar-refractivity contribution in [2.45, 2.75) is 25.7 Å². The third kappa shape index (κ3) is 5.78. The van der Waals surface area contributed by atoms with E-state index in [1.54, 1.807) is 12.1 Å². The van der Waals surface area contributed by atoms with Crippen LogP contribution in [0.15, 0.2) is 77.3 Å². The Hall–Kier alpha value is -4.64. The highest BCUT2D eigenvalue weighted by Gasteiger charge is 2.23. The number of nitrogens with zero attached hydrogens (tertiary/aromatic N) is 3. The van der Waals surface area contributed by atoms with E-state index < -0.39 is 0 Å². The summed E-state index contributed by atoms with van der Waals surface area (Å²) in [6, 6.07) is 23.5. The minimum absolute atomic E-state index is 0.0172. The fraction of sp³-hybridized carbons (Fsp3) is 0.241. The number of carbonyl (C=O) groups excluding carboxylic acids is 1. The zero-order valence-corrected chi connectivity index (χ0v) is 20.7. The summed E-state index contributed by atoms with van der Waals surface area (Å²) in [5.74, 6) is 2.94. The van der Waals surface area contributed by atoms with Gasteiger partial charge in [-0.15, -0.1) is 0 Å². The number of furan rings is 1. The highest BCUT2D eigenvalue weighted by Crippen LogP contribution is 2.32. The van der Waals surface area contributed by atoms with E-state index in [9.17, 15) is 4.79 Å². The van der Waals surface area contributed by atoms with Gasteiger partial charge in [-0.05, 0) is 68.3 Å². The smallest absolute Gasteiger partial charge is 0.394 e. The molecular formula is C29H29N6O2+. The maximum Gasteiger partial charge on any atom is 0.394 e. The van der Waals surface area contributed by atoms with Crippen LogP contribution in [0.1, 0.15) is 40.6 Å². The van der Waals surface area contributed by atoms with Crippen molar-refractivity contribution in [2.24, 2.45) is 0 Å². The lowest BCUT2D eigenvalue weighted by Gasteiger charge is -2.32. The van der Waals surface area contributed by atoms with Crippen molar-refractivity contribution in [3.8, 4) is 17.3 Å². The second-order valence-corrected chi connectivity index (χ2v) is 9.12. The fourth-order valence-electron chi connectivity index (χ4n) is 4.62. The quantitative estimate of drug-likeness (QED) is 0.357. The van der Waals surface area contributed by atoms with Gasteiger partial charge in [-0.1, -0.05) is 17.1 Å². The molecule has 0 spiro atoms. The first-order chi connectivity index (χ1) is 18.1. The molecule has 0 saturated carbocycles. The minimum atomic E-state index is -0.273. The number of nitriles is 1. The molecule has 0 bridgehead atoms. The highest BCUT2D eigenvalue weighted by atomic mass is 16.3. The van der Waals surface area contributed by atoms with Crippen molar-refractivity contribution < 1.29 is 14.2 Å². The number of benzene rings is 2. The zero-order chi connectivity index (χ0) is 25.6. The molecule has 2 aromatic heterocycles. The van der Waals surface area contributed by atoms with E-state index in [4.69, 9.17) is 9.68 Å². The lowest BCUT2D eigenvalue weighted by molar-refractivity contribution is -0.364. The second-order valence-electron chi connectivity index (χ2n) is 9.12. The molecule has 0 atom stereocenters.